The number of benzene rings is 2. The zero-order valence-electron chi connectivity index (χ0n) is 13.6. The van der Waals surface area contributed by atoms with E-state index in [0.29, 0.717) is 17.7 Å². The van der Waals surface area contributed by atoms with Crippen LogP contribution < -0.4 is 5.32 Å². The van der Waals surface area contributed by atoms with Gasteiger partial charge in [0.15, 0.2) is 17.5 Å². The molecule has 25 heavy (non-hydrogen) atoms. The third-order valence-electron chi connectivity index (χ3n) is 4.21. The standard InChI is InChI=1S/C18H17F3N2O.ClH/c1-11-10-22-6-7-23(11)18(24)13-4-2-12(3-5-13)14-8-15(19)17(21)16(20)9-14;/h2-5,8-9,11,22H,6-7,10H2,1H3;1H/t11-;/m1./s1. The zero-order chi connectivity index (χ0) is 17.3. The third kappa shape index (κ3) is 3.96. The van der Waals surface area contributed by atoms with Crippen molar-refractivity contribution < 1.29 is 18.0 Å². The molecular formula is C18H18ClF3N2O. The Morgan fingerprint density at radius 2 is 1.68 bits per heavy atom. The summed E-state index contributed by atoms with van der Waals surface area (Å²) in [6, 6.07) is 8.42. The van der Waals surface area contributed by atoms with Crippen molar-refractivity contribution in [2.75, 3.05) is 19.6 Å². The van der Waals surface area contributed by atoms with Gasteiger partial charge in [0, 0.05) is 31.2 Å². The van der Waals surface area contributed by atoms with Crippen LogP contribution in [0, 0.1) is 17.5 Å². The average Bonchev–Trinajstić information content (AvgIpc) is 2.59. The van der Waals surface area contributed by atoms with Gasteiger partial charge >= 0.3 is 0 Å². The maximum absolute atomic E-state index is 13.3. The van der Waals surface area contributed by atoms with Gasteiger partial charge in [0.25, 0.3) is 5.91 Å². The number of carbonyl (C=O) groups is 1. The van der Waals surface area contributed by atoms with Crippen LogP contribution in [0.2, 0.25) is 0 Å². The van der Waals surface area contributed by atoms with Crippen LogP contribution >= 0.6 is 12.4 Å². The van der Waals surface area contributed by atoms with Crippen molar-refractivity contribution in [1.29, 1.82) is 0 Å². The summed E-state index contributed by atoms with van der Waals surface area (Å²) >= 11 is 0. The minimum atomic E-state index is -1.49. The molecule has 0 aliphatic carbocycles. The van der Waals surface area contributed by atoms with Crippen molar-refractivity contribution >= 4 is 18.3 Å². The Balaban J connectivity index is 0.00000225. The molecule has 0 saturated carbocycles. The normalized spacial score (nSPS) is 17.1. The van der Waals surface area contributed by atoms with E-state index in [1.807, 2.05) is 6.92 Å². The third-order valence-corrected chi connectivity index (χ3v) is 4.21. The Hall–Kier alpha value is -2.05. The number of carbonyl (C=O) groups excluding carboxylic acids is 1. The number of halogens is 4. The van der Waals surface area contributed by atoms with Crippen LogP contribution in [0.5, 0.6) is 0 Å². The van der Waals surface area contributed by atoms with Gasteiger partial charge < -0.3 is 10.2 Å². The van der Waals surface area contributed by atoms with E-state index in [-0.39, 0.29) is 29.9 Å². The Labute approximate surface area is 150 Å². The fourth-order valence-corrected chi connectivity index (χ4v) is 2.84. The molecule has 3 nitrogen and oxygen atoms in total. The number of nitrogens with zero attached hydrogens (tertiary/aromatic N) is 1. The molecule has 2 aromatic rings. The van der Waals surface area contributed by atoms with Crippen molar-refractivity contribution in [2.24, 2.45) is 0 Å². The molecule has 1 fully saturated rings. The Kier molecular flexibility index (Phi) is 6.08. The van der Waals surface area contributed by atoms with Crippen LogP contribution in [0.15, 0.2) is 36.4 Å². The van der Waals surface area contributed by atoms with E-state index in [0.717, 1.165) is 25.2 Å². The van der Waals surface area contributed by atoms with E-state index in [4.69, 9.17) is 0 Å². The van der Waals surface area contributed by atoms with E-state index in [1.165, 1.54) is 0 Å². The molecule has 0 radical (unpaired) electrons. The average molecular weight is 371 g/mol. The van der Waals surface area contributed by atoms with Gasteiger partial charge in [0.2, 0.25) is 0 Å². The van der Waals surface area contributed by atoms with Gasteiger partial charge in [-0.2, -0.15) is 0 Å². The first-order chi connectivity index (χ1) is 11.5. The molecule has 0 unspecified atom stereocenters. The van der Waals surface area contributed by atoms with Crippen LogP contribution in [0.4, 0.5) is 13.2 Å². The summed E-state index contributed by atoms with van der Waals surface area (Å²) in [6.45, 7) is 4.11. The van der Waals surface area contributed by atoms with Gasteiger partial charge in [-0.25, -0.2) is 13.2 Å². The van der Waals surface area contributed by atoms with Gasteiger partial charge in [0.05, 0.1) is 0 Å². The number of rotatable bonds is 2. The van der Waals surface area contributed by atoms with Crippen LogP contribution in [-0.4, -0.2) is 36.5 Å². The molecular weight excluding hydrogens is 353 g/mol. The summed E-state index contributed by atoms with van der Waals surface area (Å²) in [5.41, 5.74) is 1.24. The Bertz CT molecular complexity index is 744. The summed E-state index contributed by atoms with van der Waals surface area (Å²) < 4.78 is 39.7. The van der Waals surface area contributed by atoms with Crippen molar-refractivity contribution in [3.05, 3.63) is 59.4 Å². The zero-order valence-corrected chi connectivity index (χ0v) is 14.4. The fraction of sp³-hybridized carbons (Fsp3) is 0.278. The molecule has 134 valence electrons. The van der Waals surface area contributed by atoms with Crippen molar-refractivity contribution in [2.45, 2.75) is 13.0 Å². The van der Waals surface area contributed by atoms with E-state index >= 15 is 0 Å². The molecule has 1 aliphatic heterocycles. The predicted molar refractivity (Wildman–Crippen MR) is 92.4 cm³/mol. The molecule has 1 heterocycles. The largest absolute Gasteiger partial charge is 0.333 e. The summed E-state index contributed by atoms with van der Waals surface area (Å²) in [5.74, 6) is -4.04. The quantitative estimate of drug-likeness (QED) is 0.819. The maximum Gasteiger partial charge on any atom is 0.254 e. The highest BCUT2D eigenvalue weighted by Gasteiger charge is 2.24. The monoisotopic (exact) mass is 370 g/mol. The minimum absolute atomic E-state index is 0. The first-order valence-electron chi connectivity index (χ1n) is 7.74. The lowest BCUT2D eigenvalue weighted by Crippen LogP contribution is -2.52. The topological polar surface area (TPSA) is 32.3 Å². The smallest absolute Gasteiger partial charge is 0.254 e. The highest BCUT2D eigenvalue weighted by atomic mass is 35.5. The first kappa shape index (κ1) is 19.3. The Morgan fingerprint density at radius 3 is 2.24 bits per heavy atom. The van der Waals surface area contributed by atoms with Crippen LogP contribution in [0.1, 0.15) is 17.3 Å². The highest BCUT2D eigenvalue weighted by Crippen LogP contribution is 2.24. The molecule has 1 amide bonds. The first-order valence-corrected chi connectivity index (χ1v) is 7.74. The molecule has 0 aromatic heterocycles. The number of piperazine rings is 1. The number of hydrogen-bond acceptors (Lipinski definition) is 2. The van der Waals surface area contributed by atoms with Crippen LogP contribution in [0.25, 0.3) is 11.1 Å². The molecule has 2 aromatic carbocycles. The van der Waals surface area contributed by atoms with Gasteiger partial charge in [-0.15, -0.1) is 12.4 Å². The second-order valence-corrected chi connectivity index (χ2v) is 5.88. The van der Waals surface area contributed by atoms with Crippen LogP contribution in [-0.2, 0) is 0 Å². The van der Waals surface area contributed by atoms with Gasteiger partial charge in [0.1, 0.15) is 0 Å². The molecule has 0 bridgehead atoms. The second-order valence-electron chi connectivity index (χ2n) is 5.88. The molecule has 0 spiro atoms. The van der Waals surface area contributed by atoms with E-state index < -0.39 is 17.5 Å². The Morgan fingerprint density at radius 1 is 1.08 bits per heavy atom. The van der Waals surface area contributed by atoms with Gasteiger partial charge in [-0.05, 0) is 42.3 Å². The fourth-order valence-electron chi connectivity index (χ4n) is 2.84. The van der Waals surface area contributed by atoms with Gasteiger partial charge in [-0.3, -0.25) is 4.79 Å². The molecule has 1 atom stereocenters. The predicted octanol–water partition coefficient (Wildman–Crippen LogP) is 3.63. The highest BCUT2D eigenvalue weighted by molar-refractivity contribution is 5.95. The summed E-state index contributed by atoms with van der Waals surface area (Å²) in [5, 5.41) is 3.22. The summed E-state index contributed by atoms with van der Waals surface area (Å²) in [7, 11) is 0. The van der Waals surface area contributed by atoms with Gasteiger partial charge in [-0.1, -0.05) is 12.1 Å². The van der Waals surface area contributed by atoms with Crippen molar-refractivity contribution in [3.63, 3.8) is 0 Å². The van der Waals surface area contributed by atoms with E-state index in [1.54, 1.807) is 29.2 Å². The summed E-state index contributed by atoms with van der Waals surface area (Å²) in [4.78, 5) is 14.3. The number of hydrogen-bond donors (Lipinski definition) is 1. The lowest BCUT2D eigenvalue weighted by Gasteiger charge is -2.34. The maximum atomic E-state index is 13.3. The second kappa shape index (κ2) is 7.89. The van der Waals surface area contributed by atoms with Crippen LogP contribution in [0.3, 0.4) is 0 Å². The lowest BCUT2D eigenvalue weighted by molar-refractivity contribution is 0.0656. The van der Waals surface area contributed by atoms with E-state index in [2.05, 4.69) is 5.32 Å². The summed E-state index contributed by atoms with van der Waals surface area (Å²) in [6.07, 6.45) is 0. The molecule has 7 heteroatoms. The lowest BCUT2D eigenvalue weighted by atomic mass is 10.0. The minimum Gasteiger partial charge on any atom is -0.333 e. The molecule has 1 aliphatic rings. The van der Waals surface area contributed by atoms with Crippen molar-refractivity contribution in [3.8, 4) is 11.1 Å². The van der Waals surface area contributed by atoms with E-state index in [9.17, 15) is 18.0 Å². The molecule has 1 saturated heterocycles. The van der Waals surface area contributed by atoms with Crippen molar-refractivity contribution in [1.82, 2.24) is 10.2 Å². The number of nitrogens with one attached hydrogen (secondary N) is 1. The molecule has 1 N–H and O–H groups in total. The SMILES string of the molecule is C[C@@H]1CNCCN1C(=O)c1ccc(-c2cc(F)c(F)c(F)c2)cc1.Cl. The molecule has 3 rings (SSSR count). The number of amides is 1.